The van der Waals surface area contributed by atoms with Gasteiger partial charge in [-0.15, -0.1) is 0 Å². The van der Waals surface area contributed by atoms with Crippen LogP contribution in [-0.4, -0.2) is 38.5 Å². The Bertz CT molecular complexity index is 882. The number of aliphatic imine (C=N–C) groups is 1. The number of fused-ring (bicyclic) bond motifs is 1. The van der Waals surface area contributed by atoms with E-state index in [0.29, 0.717) is 5.92 Å². The van der Waals surface area contributed by atoms with Gasteiger partial charge in [-0.25, -0.2) is 0 Å². The van der Waals surface area contributed by atoms with Crippen molar-refractivity contribution in [3.05, 3.63) is 47.5 Å². The first-order chi connectivity index (χ1) is 14.3. The number of hydrogen-bond acceptors (Lipinski definition) is 4. The molecule has 0 radical (unpaired) electrons. The SMILES string of the molecule is CCN(CC)c1ccc(N=Cc2cc3c(cc2OC)N(CC)C(C)(C)CC3C)cc1. The van der Waals surface area contributed by atoms with Crippen LogP contribution in [-0.2, 0) is 0 Å². The number of benzene rings is 2. The van der Waals surface area contributed by atoms with Crippen molar-refractivity contribution in [3.63, 3.8) is 0 Å². The van der Waals surface area contributed by atoms with E-state index >= 15 is 0 Å². The van der Waals surface area contributed by atoms with E-state index in [9.17, 15) is 0 Å². The van der Waals surface area contributed by atoms with E-state index in [-0.39, 0.29) is 5.54 Å². The number of methoxy groups -OCH3 is 1. The van der Waals surface area contributed by atoms with Crippen LogP contribution in [0, 0.1) is 0 Å². The molecule has 4 nitrogen and oxygen atoms in total. The second-order valence-electron chi connectivity index (χ2n) is 8.76. The molecule has 162 valence electrons. The highest BCUT2D eigenvalue weighted by Gasteiger charge is 2.36. The molecule has 0 fully saturated rings. The molecule has 0 spiro atoms. The highest BCUT2D eigenvalue weighted by atomic mass is 16.5. The molecule has 1 heterocycles. The normalized spacial score (nSPS) is 17.8. The lowest BCUT2D eigenvalue weighted by atomic mass is 9.79. The van der Waals surface area contributed by atoms with Crippen molar-refractivity contribution in [2.75, 3.05) is 36.5 Å². The molecule has 0 aromatic heterocycles. The van der Waals surface area contributed by atoms with Gasteiger partial charge in [0.15, 0.2) is 0 Å². The van der Waals surface area contributed by atoms with Crippen molar-refractivity contribution >= 4 is 23.3 Å². The van der Waals surface area contributed by atoms with Gasteiger partial charge in [0, 0.05) is 54.4 Å². The summed E-state index contributed by atoms with van der Waals surface area (Å²) < 4.78 is 5.75. The summed E-state index contributed by atoms with van der Waals surface area (Å²) in [5.74, 6) is 1.38. The third kappa shape index (κ3) is 4.33. The first-order valence-corrected chi connectivity index (χ1v) is 11.2. The topological polar surface area (TPSA) is 28.1 Å². The van der Waals surface area contributed by atoms with Crippen LogP contribution in [0.5, 0.6) is 5.75 Å². The standard InChI is InChI=1S/C26H37N3O/c1-8-28(9-2)22-13-11-21(12-14-22)27-18-20-15-23-19(4)17-26(5,6)29(10-3)24(23)16-25(20)30-7/h11-16,18-19H,8-10,17H2,1-7H3. The summed E-state index contributed by atoms with van der Waals surface area (Å²) in [4.78, 5) is 9.58. The maximum atomic E-state index is 5.75. The fraction of sp³-hybridized carbons (Fsp3) is 0.500. The van der Waals surface area contributed by atoms with Crippen LogP contribution >= 0.6 is 0 Å². The van der Waals surface area contributed by atoms with Crippen LogP contribution in [0.4, 0.5) is 17.1 Å². The summed E-state index contributed by atoms with van der Waals surface area (Å²) in [5.41, 5.74) is 6.05. The van der Waals surface area contributed by atoms with Gasteiger partial charge in [0.1, 0.15) is 5.75 Å². The van der Waals surface area contributed by atoms with E-state index in [1.54, 1.807) is 7.11 Å². The van der Waals surface area contributed by atoms with Crippen LogP contribution in [0.15, 0.2) is 41.4 Å². The molecule has 0 amide bonds. The smallest absolute Gasteiger partial charge is 0.129 e. The molecule has 0 saturated carbocycles. The fourth-order valence-electron chi connectivity index (χ4n) is 4.89. The van der Waals surface area contributed by atoms with Crippen LogP contribution < -0.4 is 14.5 Å². The molecule has 0 saturated heterocycles. The zero-order chi connectivity index (χ0) is 21.9. The minimum atomic E-state index is 0.147. The lowest BCUT2D eigenvalue weighted by Crippen LogP contribution is -2.48. The molecule has 0 bridgehead atoms. The minimum absolute atomic E-state index is 0.147. The van der Waals surface area contributed by atoms with Gasteiger partial charge >= 0.3 is 0 Å². The quantitative estimate of drug-likeness (QED) is 0.497. The van der Waals surface area contributed by atoms with Crippen molar-refractivity contribution in [3.8, 4) is 5.75 Å². The summed E-state index contributed by atoms with van der Waals surface area (Å²) >= 11 is 0. The Labute approximate surface area is 182 Å². The molecule has 1 atom stereocenters. The molecular formula is C26H37N3O. The average molecular weight is 408 g/mol. The van der Waals surface area contributed by atoms with Gasteiger partial charge in [-0.3, -0.25) is 4.99 Å². The van der Waals surface area contributed by atoms with Crippen molar-refractivity contribution in [2.45, 2.75) is 59.4 Å². The summed E-state index contributed by atoms with van der Waals surface area (Å²) in [6.45, 7) is 16.6. The van der Waals surface area contributed by atoms with Gasteiger partial charge in [0.2, 0.25) is 0 Å². The van der Waals surface area contributed by atoms with Crippen LogP contribution in [0.25, 0.3) is 0 Å². The highest BCUT2D eigenvalue weighted by Crippen LogP contribution is 2.45. The van der Waals surface area contributed by atoms with Crippen molar-refractivity contribution in [2.24, 2.45) is 4.99 Å². The third-order valence-electron chi connectivity index (χ3n) is 6.38. The highest BCUT2D eigenvalue weighted by molar-refractivity contribution is 5.88. The zero-order valence-corrected chi connectivity index (χ0v) is 19.7. The van der Waals surface area contributed by atoms with E-state index < -0.39 is 0 Å². The van der Waals surface area contributed by atoms with Gasteiger partial charge in [-0.05, 0) is 82.9 Å². The van der Waals surface area contributed by atoms with E-state index in [0.717, 1.165) is 43.1 Å². The Balaban J connectivity index is 1.93. The Morgan fingerprint density at radius 3 is 2.37 bits per heavy atom. The van der Waals surface area contributed by atoms with E-state index in [1.165, 1.54) is 16.9 Å². The van der Waals surface area contributed by atoms with Crippen LogP contribution in [0.1, 0.15) is 65.0 Å². The summed E-state index contributed by atoms with van der Waals surface area (Å²) in [6, 6.07) is 12.9. The molecule has 30 heavy (non-hydrogen) atoms. The molecule has 1 unspecified atom stereocenters. The van der Waals surface area contributed by atoms with Crippen molar-refractivity contribution < 1.29 is 4.74 Å². The van der Waals surface area contributed by atoms with Crippen LogP contribution in [0.2, 0.25) is 0 Å². The van der Waals surface area contributed by atoms with Gasteiger partial charge in [-0.2, -0.15) is 0 Å². The Hall–Kier alpha value is -2.49. The number of anilines is 2. The maximum absolute atomic E-state index is 5.75. The Kier molecular flexibility index (Phi) is 6.74. The lowest BCUT2D eigenvalue weighted by molar-refractivity contribution is 0.377. The molecule has 0 N–H and O–H groups in total. The first kappa shape index (κ1) is 22.2. The number of rotatable bonds is 7. The summed E-state index contributed by atoms with van der Waals surface area (Å²) in [5, 5.41) is 0. The van der Waals surface area contributed by atoms with E-state index in [4.69, 9.17) is 9.73 Å². The summed E-state index contributed by atoms with van der Waals surface area (Å²) in [6.07, 6.45) is 3.08. The predicted molar refractivity (Wildman–Crippen MR) is 130 cm³/mol. The first-order valence-electron chi connectivity index (χ1n) is 11.2. The number of hydrogen-bond donors (Lipinski definition) is 0. The molecule has 1 aliphatic heterocycles. The Morgan fingerprint density at radius 1 is 1.13 bits per heavy atom. The number of ether oxygens (including phenoxy) is 1. The van der Waals surface area contributed by atoms with Crippen molar-refractivity contribution in [1.82, 2.24) is 0 Å². The molecule has 2 aromatic rings. The molecule has 4 heteroatoms. The van der Waals surface area contributed by atoms with Crippen molar-refractivity contribution in [1.29, 1.82) is 0 Å². The molecule has 0 aliphatic carbocycles. The number of nitrogens with zero attached hydrogens (tertiary/aromatic N) is 3. The maximum Gasteiger partial charge on any atom is 0.129 e. The zero-order valence-electron chi connectivity index (χ0n) is 19.7. The van der Waals surface area contributed by atoms with Gasteiger partial charge < -0.3 is 14.5 Å². The largest absolute Gasteiger partial charge is 0.496 e. The summed E-state index contributed by atoms with van der Waals surface area (Å²) in [7, 11) is 1.74. The minimum Gasteiger partial charge on any atom is -0.496 e. The second-order valence-corrected chi connectivity index (χ2v) is 8.76. The molecule has 2 aromatic carbocycles. The Morgan fingerprint density at radius 2 is 1.80 bits per heavy atom. The monoisotopic (exact) mass is 407 g/mol. The van der Waals surface area contributed by atoms with E-state index in [2.05, 4.69) is 87.7 Å². The average Bonchev–Trinajstić information content (AvgIpc) is 2.73. The third-order valence-corrected chi connectivity index (χ3v) is 6.38. The second kappa shape index (κ2) is 9.11. The lowest BCUT2D eigenvalue weighted by Gasteiger charge is -2.47. The molecular weight excluding hydrogens is 370 g/mol. The van der Waals surface area contributed by atoms with Crippen LogP contribution in [0.3, 0.4) is 0 Å². The molecule has 1 aliphatic rings. The van der Waals surface area contributed by atoms with Gasteiger partial charge in [-0.1, -0.05) is 6.92 Å². The van der Waals surface area contributed by atoms with Gasteiger partial charge in [0.25, 0.3) is 0 Å². The molecule has 3 rings (SSSR count). The van der Waals surface area contributed by atoms with Gasteiger partial charge in [0.05, 0.1) is 12.8 Å². The predicted octanol–water partition coefficient (Wildman–Crippen LogP) is 6.40. The fourth-order valence-corrected chi connectivity index (χ4v) is 4.89. The van der Waals surface area contributed by atoms with E-state index in [1.807, 2.05) is 6.21 Å².